The summed E-state index contributed by atoms with van der Waals surface area (Å²) in [5.41, 5.74) is 4.77. The first-order valence-electron chi connectivity index (χ1n) is 10.8. The summed E-state index contributed by atoms with van der Waals surface area (Å²) in [6.07, 6.45) is 10.8. The summed E-state index contributed by atoms with van der Waals surface area (Å²) in [6, 6.07) is 12.3. The molecule has 5 rings (SSSR count). The molecule has 1 N–H and O–H groups in total. The van der Waals surface area contributed by atoms with Gasteiger partial charge in [-0.15, -0.1) is 0 Å². The molecule has 6 heteroatoms. The second kappa shape index (κ2) is 8.38. The van der Waals surface area contributed by atoms with E-state index in [1.807, 2.05) is 30.3 Å². The van der Waals surface area contributed by atoms with E-state index >= 15 is 0 Å². The second-order valence-electron chi connectivity index (χ2n) is 8.25. The van der Waals surface area contributed by atoms with E-state index in [1.165, 1.54) is 22.4 Å². The Morgan fingerprint density at radius 1 is 0.906 bits per heavy atom. The summed E-state index contributed by atoms with van der Waals surface area (Å²) in [5, 5.41) is 11.3. The zero-order valence-corrected chi connectivity index (χ0v) is 17.6. The van der Waals surface area contributed by atoms with Crippen molar-refractivity contribution in [2.24, 2.45) is 0 Å². The lowest BCUT2D eigenvalue weighted by molar-refractivity contribution is -0.140. The molecule has 0 bridgehead atoms. The first-order valence-corrected chi connectivity index (χ1v) is 10.8. The highest BCUT2D eigenvalue weighted by Crippen LogP contribution is 2.40. The Morgan fingerprint density at radius 3 is 2.28 bits per heavy atom. The molecule has 1 atom stereocenters. The van der Waals surface area contributed by atoms with Crippen molar-refractivity contribution in [3.63, 3.8) is 0 Å². The Hall–Kier alpha value is -3.80. The molecule has 2 aromatic heterocycles. The van der Waals surface area contributed by atoms with Gasteiger partial charge in [-0.05, 0) is 78.3 Å². The molecular formula is C26H23N3O3. The minimum absolute atomic E-state index is 0.117. The molecule has 0 saturated carbocycles. The number of amides is 1. The van der Waals surface area contributed by atoms with Crippen LogP contribution in [0, 0.1) is 0 Å². The molecule has 3 aromatic rings. The highest BCUT2D eigenvalue weighted by molar-refractivity contribution is 6.46. The third-order valence-corrected chi connectivity index (χ3v) is 6.29. The molecular weight excluding hydrogens is 402 g/mol. The van der Waals surface area contributed by atoms with Crippen molar-refractivity contribution in [3.05, 3.63) is 101 Å². The monoisotopic (exact) mass is 425 g/mol. The van der Waals surface area contributed by atoms with Crippen LogP contribution in [-0.2, 0) is 29.0 Å². The summed E-state index contributed by atoms with van der Waals surface area (Å²) >= 11 is 0. The normalized spacial score (nSPS) is 19.8. The van der Waals surface area contributed by atoms with Crippen molar-refractivity contribution in [1.82, 2.24) is 14.9 Å². The number of aryl methyl sites for hydroxylation is 2. The maximum Gasteiger partial charge on any atom is 0.295 e. The van der Waals surface area contributed by atoms with E-state index < -0.39 is 17.7 Å². The maximum absolute atomic E-state index is 13.2. The van der Waals surface area contributed by atoms with Gasteiger partial charge in [0.1, 0.15) is 5.76 Å². The molecule has 1 fully saturated rings. The Balaban J connectivity index is 1.62. The number of pyridine rings is 2. The van der Waals surface area contributed by atoms with Gasteiger partial charge in [0.15, 0.2) is 0 Å². The molecule has 1 unspecified atom stereocenters. The summed E-state index contributed by atoms with van der Waals surface area (Å²) < 4.78 is 0. The van der Waals surface area contributed by atoms with Crippen LogP contribution in [0.4, 0.5) is 0 Å². The predicted molar refractivity (Wildman–Crippen MR) is 119 cm³/mol. The first-order chi connectivity index (χ1) is 15.6. The lowest BCUT2D eigenvalue weighted by atomic mass is 9.89. The average molecular weight is 425 g/mol. The van der Waals surface area contributed by atoms with E-state index in [0.717, 1.165) is 30.4 Å². The van der Waals surface area contributed by atoms with Gasteiger partial charge in [-0.1, -0.05) is 12.1 Å². The molecule has 160 valence electrons. The molecule has 1 amide bonds. The topological polar surface area (TPSA) is 83.4 Å². The van der Waals surface area contributed by atoms with Gasteiger partial charge >= 0.3 is 0 Å². The molecule has 1 aliphatic carbocycles. The molecule has 32 heavy (non-hydrogen) atoms. The maximum atomic E-state index is 13.2. The van der Waals surface area contributed by atoms with Gasteiger partial charge < -0.3 is 10.0 Å². The number of Topliss-reactive ketones (excluding diaryl/α,β-unsaturated/α-hetero) is 1. The number of likely N-dealkylation sites (tertiary alicyclic amines) is 1. The number of carbonyl (C=O) groups excluding carboxylic acids is 2. The van der Waals surface area contributed by atoms with Gasteiger partial charge in [-0.2, -0.15) is 0 Å². The Morgan fingerprint density at radius 2 is 1.56 bits per heavy atom. The lowest BCUT2D eigenvalue weighted by Gasteiger charge is -2.25. The van der Waals surface area contributed by atoms with Gasteiger partial charge in [0.2, 0.25) is 0 Å². The van der Waals surface area contributed by atoms with Crippen LogP contribution in [0.1, 0.15) is 46.7 Å². The van der Waals surface area contributed by atoms with Gasteiger partial charge in [0.05, 0.1) is 11.6 Å². The fraction of sp³-hybridized carbons (Fsp3) is 0.231. The molecule has 1 saturated heterocycles. The van der Waals surface area contributed by atoms with Crippen molar-refractivity contribution in [2.45, 2.75) is 38.3 Å². The highest BCUT2D eigenvalue weighted by Gasteiger charge is 2.46. The van der Waals surface area contributed by atoms with E-state index in [2.05, 4.69) is 9.97 Å². The van der Waals surface area contributed by atoms with E-state index in [1.54, 1.807) is 36.9 Å². The molecule has 1 aliphatic heterocycles. The second-order valence-corrected chi connectivity index (χ2v) is 8.25. The van der Waals surface area contributed by atoms with Crippen LogP contribution in [0.2, 0.25) is 0 Å². The van der Waals surface area contributed by atoms with Crippen LogP contribution >= 0.6 is 0 Å². The van der Waals surface area contributed by atoms with Crippen molar-refractivity contribution < 1.29 is 14.7 Å². The zero-order chi connectivity index (χ0) is 22.1. The van der Waals surface area contributed by atoms with E-state index in [4.69, 9.17) is 0 Å². The van der Waals surface area contributed by atoms with Crippen LogP contribution in [0.5, 0.6) is 0 Å². The van der Waals surface area contributed by atoms with Crippen molar-refractivity contribution in [1.29, 1.82) is 0 Å². The molecule has 3 heterocycles. The number of rotatable bonds is 4. The number of aliphatic hydroxyl groups is 1. The molecule has 0 radical (unpaired) electrons. The standard InChI is InChI=1S/C26H23N3O3/c30-24(21-6-5-18-3-1-2-4-20(18)15-21)22-23(19-9-13-28-14-10-19)29(26(32)25(22)31)16-17-7-11-27-12-8-17/h5-15,23,30H,1-4,16H2/b24-22-. The number of hydrogen-bond acceptors (Lipinski definition) is 5. The van der Waals surface area contributed by atoms with E-state index in [9.17, 15) is 14.7 Å². The molecule has 1 aromatic carbocycles. The molecule has 0 spiro atoms. The van der Waals surface area contributed by atoms with Crippen LogP contribution in [0.15, 0.2) is 72.8 Å². The number of aromatic nitrogens is 2. The van der Waals surface area contributed by atoms with Gasteiger partial charge in [0, 0.05) is 36.9 Å². The Labute approximate surface area is 186 Å². The van der Waals surface area contributed by atoms with Gasteiger partial charge in [-0.3, -0.25) is 19.6 Å². The Kier molecular flexibility index (Phi) is 5.27. The number of fused-ring (bicyclic) bond motifs is 1. The minimum atomic E-state index is -0.692. The lowest BCUT2D eigenvalue weighted by Crippen LogP contribution is -2.29. The number of aliphatic hydroxyl groups excluding tert-OH is 1. The van der Waals surface area contributed by atoms with Crippen molar-refractivity contribution in [3.8, 4) is 0 Å². The number of carbonyl (C=O) groups is 2. The fourth-order valence-corrected chi connectivity index (χ4v) is 4.66. The predicted octanol–water partition coefficient (Wildman–Crippen LogP) is 3.98. The molecule has 2 aliphatic rings. The summed E-state index contributed by atoms with van der Waals surface area (Å²) in [6.45, 7) is 0.237. The van der Waals surface area contributed by atoms with Crippen molar-refractivity contribution in [2.75, 3.05) is 0 Å². The van der Waals surface area contributed by atoms with Crippen LogP contribution in [-0.4, -0.2) is 31.7 Å². The number of benzene rings is 1. The van der Waals surface area contributed by atoms with Gasteiger partial charge in [0.25, 0.3) is 11.7 Å². The number of hydrogen-bond donors (Lipinski definition) is 1. The fourth-order valence-electron chi connectivity index (χ4n) is 4.66. The minimum Gasteiger partial charge on any atom is -0.507 e. The summed E-state index contributed by atoms with van der Waals surface area (Å²) in [4.78, 5) is 35.8. The largest absolute Gasteiger partial charge is 0.507 e. The smallest absolute Gasteiger partial charge is 0.295 e. The van der Waals surface area contributed by atoms with E-state index in [0.29, 0.717) is 5.56 Å². The van der Waals surface area contributed by atoms with Crippen LogP contribution in [0.3, 0.4) is 0 Å². The SMILES string of the molecule is O=C1C(=O)N(Cc2ccncc2)C(c2ccncc2)/C1=C(/O)c1ccc2c(c1)CCCC2. The third kappa shape index (κ3) is 3.58. The average Bonchev–Trinajstić information content (AvgIpc) is 3.09. The van der Waals surface area contributed by atoms with Crippen LogP contribution < -0.4 is 0 Å². The number of nitrogens with zero attached hydrogens (tertiary/aromatic N) is 3. The Bertz CT molecular complexity index is 1210. The van der Waals surface area contributed by atoms with Crippen LogP contribution in [0.25, 0.3) is 5.76 Å². The van der Waals surface area contributed by atoms with E-state index in [-0.39, 0.29) is 17.9 Å². The third-order valence-electron chi connectivity index (χ3n) is 6.29. The quantitative estimate of drug-likeness (QED) is 0.388. The summed E-state index contributed by atoms with van der Waals surface area (Å²) in [5.74, 6) is -1.42. The number of ketones is 1. The molecule has 6 nitrogen and oxygen atoms in total. The highest BCUT2D eigenvalue weighted by atomic mass is 16.3. The van der Waals surface area contributed by atoms with Crippen molar-refractivity contribution >= 4 is 17.4 Å². The zero-order valence-electron chi connectivity index (χ0n) is 17.6. The summed E-state index contributed by atoms with van der Waals surface area (Å²) in [7, 11) is 0. The van der Waals surface area contributed by atoms with Gasteiger partial charge in [-0.25, -0.2) is 0 Å². The first kappa shape index (κ1) is 20.1.